The van der Waals surface area contributed by atoms with E-state index in [-0.39, 0.29) is 31.4 Å². The van der Waals surface area contributed by atoms with Gasteiger partial charge >= 0.3 is 0 Å². The molecule has 0 bridgehead atoms. The van der Waals surface area contributed by atoms with E-state index in [0.29, 0.717) is 11.4 Å². The van der Waals surface area contributed by atoms with E-state index in [0.717, 1.165) is 11.1 Å². The molecule has 0 aromatic heterocycles. The number of aliphatic hydroxyl groups excluding tert-OH is 1. The molecule has 0 atom stereocenters. The van der Waals surface area contributed by atoms with Crippen LogP contribution in [0.4, 0.5) is 5.69 Å². The van der Waals surface area contributed by atoms with E-state index < -0.39 is 5.54 Å². The average molecular weight is 370 g/mol. The Morgan fingerprint density at radius 3 is 2.22 bits per heavy atom. The molecule has 0 unspecified atom stereocenters. The molecule has 27 heavy (non-hydrogen) atoms. The Hall–Kier alpha value is -2.86. The van der Waals surface area contributed by atoms with E-state index in [9.17, 15) is 14.7 Å². The van der Waals surface area contributed by atoms with Crippen LogP contribution in [0, 0.1) is 6.92 Å². The highest BCUT2D eigenvalue weighted by Crippen LogP contribution is 2.13. The van der Waals surface area contributed by atoms with Gasteiger partial charge in [-0.25, -0.2) is 0 Å². The molecule has 2 amide bonds. The molecule has 6 nitrogen and oxygen atoms in total. The molecule has 0 aliphatic rings. The predicted molar refractivity (Wildman–Crippen MR) is 105 cm³/mol. The second-order valence-corrected chi connectivity index (χ2v) is 7.11. The van der Waals surface area contributed by atoms with Crippen LogP contribution in [0.15, 0.2) is 48.5 Å². The monoisotopic (exact) mass is 370 g/mol. The summed E-state index contributed by atoms with van der Waals surface area (Å²) >= 11 is 0. The molecule has 0 radical (unpaired) electrons. The SMILES string of the molecule is Cc1ccc(OCC(=O)Nc2ccc(CC(=O)NC(C)(C)CO)cc2)cc1. The minimum Gasteiger partial charge on any atom is -0.484 e. The summed E-state index contributed by atoms with van der Waals surface area (Å²) in [6.07, 6.45) is 0.203. The van der Waals surface area contributed by atoms with Gasteiger partial charge in [0.05, 0.1) is 18.6 Å². The van der Waals surface area contributed by atoms with Crippen LogP contribution in [0.1, 0.15) is 25.0 Å². The Labute approximate surface area is 159 Å². The van der Waals surface area contributed by atoms with Gasteiger partial charge in [-0.15, -0.1) is 0 Å². The summed E-state index contributed by atoms with van der Waals surface area (Å²) < 4.78 is 5.44. The molecule has 0 fully saturated rings. The first kappa shape index (κ1) is 20.5. The lowest BCUT2D eigenvalue weighted by atomic mass is 10.1. The van der Waals surface area contributed by atoms with Crippen LogP contribution in [0.5, 0.6) is 5.75 Å². The van der Waals surface area contributed by atoms with Gasteiger partial charge in [-0.1, -0.05) is 29.8 Å². The minimum absolute atomic E-state index is 0.0799. The fourth-order valence-electron chi connectivity index (χ4n) is 2.33. The fourth-order valence-corrected chi connectivity index (χ4v) is 2.33. The molecule has 2 aromatic carbocycles. The molecule has 0 aliphatic carbocycles. The van der Waals surface area contributed by atoms with Crippen molar-refractivity contribution in [3.63, 3.8) is 0 Å². The van der Waals surface area contributed by atoms with Gasteiger partial charge in [0.25, 0.3) is 5.91 Å². The number of carbonyl (C=O) groups excluding carboxylic acids is 2. The Morgan fingerprint density at radius 1 is 1.00 bits per heavy atom. The van der Waals surface area contributed by atoms with Gasteiger partial charge in [0.1, 0.15) is 5.75 Å². The van der Waals surface area contributed by atoms with E-state index in [1.807, 2.05) is 31.2 Å². The molecule has 2 aromatic rings. The van der Waals surface area contributed by atoms with Crippen molar-refractivity contribution in [1.29, 1.82) is 0 Å². The lowest BCUT2D eigenvalue weighted by molar-refractivity contribution is -0.122. The number of hydrogen-bond acceptors (Lipinski definition) is 4. The average Bonchev–Trinajstić information content (AvgIpc) is 2.62. The number of hydrogen-bond donors (Lipinski definition) is 3. The predicted octanol–water partition coefficient (Wildman–Crippen LogP) is 2.44. The lowest BCUT2D eigenvalue weighted by Crippen LogP contribution is -2.46. The summed E-state index contributed by atoms with van der Waals surface area (Å²) in [6.45, 7) is 5.28. The van der Waals surface area contributed by atoms with Crippen LogP contribution in [-0.4, -0.2) is 35.7 Å². The summed E-state index contributed by atoms with van der Waals surface area (Å²) in [7, 11) is 0. The van der Waals surface area contributed by atoms with Crippen molar-refractivity contribution in [2.24, 2.45) is 0 Å². The summed E-state index contributed by atoms with van der Waals surface area (Å²) in [5.74, 6) is 0.214. The number of nitrogens with one attached hydrogen (secondary N) is 2. The van der Waals surface area contributed by atoms with Crippen molar-refractivity contribution in [1.82, 2.24) is 5.32 Å². The molecule has 0 saturated carbocycles. The van der Waals surface area contributed by atoms with Crippen LogP contribution >= 0.6 is 0 Å². The summed E-state index contributed by atoms with van der Waals surface area (Å²) in [5, 5.41) is 14.7. The third-order valence-electron chi connectivity index (χ3n) is 3.87. The molecule has 0 spiro atoms. The van der Waals surface area contributed by atoms with E-state index >= 15 is 0 Å². The lowest BCUT2D eigenvalue weighted by Gasteiger charge is -2.23. The van der Waals surface area contributed by atoms with Gasteiger partial charge < -0.3 is 20.5 Å². The first-order valence-electron chi connectivity index (χ1n) is 8.77. The summed E-state index contributed by atoms with van der Waals surface area (Å²) in [4.78, 5) is 24.0. The number of carbonyl (C=O) groups is 2. The molecule has 6 heteroatoms. The van der Waals surface area contributed by atoms with Crippen molar-refractivity contribution >= 4 is 17.5 Å². The van der Waals surface area contributed by atoms with Gasteiger partial charge in [-0.3, -0.25) is 9.59 Å². The molecular weight excluding hydrogens is 344 g/mol. The summed E-state index contributed by atoms with van der Waals surface area (Å²) in [5.41, 5.74) is 1.92. The summed E-state index contributed by atoms with van der Waals surface area (Å²) in [6, 6.07) is 14.5. The molecule has 144 valence electrons. The topological polar surface area (TPSA) is 87.7 Å². The van der Waals surface area contributed by atoms with Crippen molar-refractivity contribution < 1.29 is 19.4 Å². The normalized spacial score (nSPS) is 11.0. The second-order valence-electron chi connectivity index (χ2n) is 7.11. The second kappa shape index (κ2) is 9.19. The van der Waals surface area contributed by atoms with E-state index in [4.69, 9.17) is 4.74 Å². The molecule has 0 saturated heterocycles. The third kappa shape index (κ3) is 7.11. The van der Waals surface area contributed by atoms with Gasteiger partial charge in [-0.2, -0.15) is 0 Å². The van der Waals surface area contributed by atoms with Crippen molar-refractivity contribution in [3.05, 3.63) is 59.7 Å². The quantitative estimate of drug-likeness (QED) is 0.666. The van der Waals surface area contributed by atoms with Crippen molar-refractivity contribution in [3.8, 4) is 5.75 Å². The molecule has 0 aliphatic heterocycles. The maximum absolute atomic E-state index is 12.0. The zero-order valence-corrected chi connectivity index (χ0v) is 15.9. The van der Waals surface area contributed by atoms with Crippen molar-refractivity contribution in [2.45, 2.75) is 32.7 Å². The molecular formula is C21H26N2O4. The Kier molecular flexibility index (Phi) is 6.96. The fraction of sp³-hybridized carbons (Fsp3) is 0.333. The number of aryl methyl sites for hydroxylation is 1. The minimum atomic E-state index is -0.650. The highest BCUT2D eigenvalue weighted by Gasteiger charge is 2.18. The van der Waals surface area contributed by atoms with Crippen LogP contribution < -0.4 is 15.4 Å². The molecule has 3 N–H and O–H groups in total. The largest absolute Gasteiger partial charge is 0.484 e. The highest BCUT2D eigenvalue weighted by molar-refractivity contribution is 5.92. The first-order valence-corrected chi connectivity index (χ1v) is 8.77. The maximum atomic E-state index is 12.0. The maximum Gasteiger partial charge on any atom is 0.262 e. The number of ether oxygens (including phenoxy) is 1. The Balaban J connectivity index is 1.81. The van der Waals surface area contributed by atoms with Gasteiger partial charge in [-0.05, 0) is 50.6 Å². The van der Waals surface area contributed by atoms with E-state index in [2.05, 4.69) is 10.6 Å². The Bertz CT molecular complexity index is 768. The van der Waals surface area contributed by atoms with Crippen LogP contribution in [-0.2, 0) is 16.0 Å². The number of aliphatic hydroxyl groups is 1. The van der Waals surface area contributed by atoms with E-state index in [1.165, 1.54) is 0 Å². The highest BCUT2D eigenvalue weighted by atomic mass is 16.5. The zero-order chi connectivity index (χ0) is 19.9. The Morgan fingerprint density at radius 2 is 1.63 bits per heavy atom. The van der Waals surface area contributed by atoms with Crippen LogP contribution in [0.25, 0.3) is 0 Å². The smallest absolute Gasteiger partial charge is 0.262 e. The zero-order valence-electron chi connectivity index (χ0n) is 15.9. The third-order valence-corrected chi connectivity index (χ3v) is 3.87. The number of amides is 2. The van der Waals surface area contributed by atoms with Crippen molar-refractivity contribution in [2.75, 3.05) is 18.5 Å². The number of anilines is 1. The number of benzene rings is 2. The first-order chi connectivity index (χ1) is 12.8. The van der Waals surface area contributed by atoms with Crippen LogP contribution in [0.3, 0.4) is 0 Å². The van der Waals surface area contributed by atoms with E-state index in [1.54, 1.807) is 38.1 Å². The van der Waals surface area contributed by atoms with Crippen LogP contribution in [0.2, 0.25) is 0 Å². The molecule has 2 rings (SSSR count). The van der Waals surface area contributed by atoms with Gasteiger partial charge in [0, 0.05) is 5.69 Å². The standard InChI is InChI=1S/C21H26N2O4/c1-15-4-10-18(11-5-15)27-13-20(26)22-17-8-6-16(7-9-17)12-19(25)23-21(2,3)14-24/h4-11,24H,12-14H2,1-3H3,(H,22,26)(H,23,25). The van der Waals surface area contributed by atoms with Gasteiger partial charge in [0.2, 0.25) is 5.91 Å². The molecule has 0 heterocycles. The number of rotatable bonds is 8. The van der Waals surface area contributed by atoms with Gasteiger partial charge in [0.15, 0.2) is 6.61 Å².